The molecule has 1 heterocycles. The van der Waals surface area contributed by atoms with Crippen molar-refractivity contribution in [1.29, 1.82) is 0 Å². The Kier molecular flexibility index (Phi) is 3.77. The van der Waals surface area contributed by atoms with Crippen molar-refractivity contribution in [3.05, 3.63) is 57.5 Å². The third-order valence-corrected chi connectivity index (χ3v) is 3.78. The second kappa shape index (κ2) is 5.31. The fraction of sp³-hybridized carbons (Fsp3) is 0.214. The summed E-state index contributed by atoms with van der Waals surface area (Å²) in [6.07, 6.45) is 0.398. The zero-order chi connectivity index (χ0) is 13.1. The minimum Gasteiger partial charge on any atom is -0.481 e. The fourth-order valence-corrected chi connectivity index (χ4v) is 2.56. The minimum atomic E-state index is -0.924. The number of carbonyl (C=O) groups is 1. The molecule has 0 radical (unpaired) electrons. The molecule has 0 bridgehead atoms. The number of aryl methyl sites for hydroxylation is 1. The predicted molar refractivity (Wildman–Crippen MR) is 69.5 cm³/mol. The maximum Gasteiger partial charge on any atom is 0.311 e. The maximum absolute atomic E-state index is 13.5. The summed E-state index contributed by atoms with van der Waals surface area (Å²) >= 11 is 1.51. The van der Waals surface area contributed by atoms with Crippen molar-refractivity contribution in [3.63, 3.8) is 0 Å². The average Bonchev–Trinajstić information content (AvgIpc) is 2.82. The molecule has 0 aliphatic heterocycles. The van der Waals surface area contributed by atoms with Gasteiger partial charge in [0, 0.05) is 4.88 Å². The Morgan fingerprint density at radius 1 is 1.44 bits per heavy atom. The van der Waals surface area contributed by atoms with Gasteiger partial charge < -0.3 is 5.11 Å². The number of rotatable bonds is 4. The molecule has 0 saturated carbocycles. The highest BCUT2D eigenvalue weighted by Gasteiger charge is 2.21. The van der Waals surface area contributed by atoms with Crippen LogP contribution in [0, 0.1) is 12.7 Å². The van der Waals surface area contributed by atoms with Crippen molar-refractivity contribution >= 4 is 17.3 Å². The molecule has 1 atom stereocenters. The third-order valence-electron chi connectivity index (χ3n) is 2.88. The van der Waals surface area contributed by atoms with Gasteiger partial charge in [0.25, 0.3) is 0 Å². The van der Waals surface area contributed by atoms with Crippen LogP contribution in [0.3, 0.4) is 0 Å². The van der Waals surface area contributed by atoms with Gasteiger partial charge in [-0.3, -0.25) is 4.79 Å². The molecule has 0 spiro atoms. The zero-order valence-corrected chi connectivity index (χ0v) is 10.7. The number of hydrogen-bond donors (Lipinski definition) is 1. The van der Waals surface area contributed by atoms with E-state index in [1.807, 2.05) is 17.5 Å². The second-order valence-corrected chi connectivity index (χ2v) is 5.22. The molecule has 1 unspecified atom stereocenters. The monoisotopic (exact) mass is 264 g/mol. The Hall–Kier alpha value is -1.68. The van der Waals surface area contributed by atoms with Gasteiger partial charge in [0.15, 0.2) is 0 Å². The molecule has 94 valence electrons. The average molecular weight is 264 g/mol. The lowest BCUT2D eigenvalue weighted by molar-refractivity contribution is -0.138. The van der Waals surface area contributed by atoms with Gasteiger partial charge in [0.1, 0.15) is 5.82 Å². The van der Waals surface area contributed by atoms with E-state index in [9.17, 15) is 14.3 Å². The van der Waals surface area contributed by atoms with E-state index in [1.165, 1.54) is 17.4 Å². The molecule has 4 heteroatoms. The molecule has 2 aromatic rings. The van der Waals surface area contributed by atoms with Crippen LogP contribution in [0.4, 0.5) is 4.39 Å². The number of thiophene rings is 1. The third kappa shape index (κ3) is 2.76. The van der Waals surface area contributed by atoms with Crippen LogP contribution < -0.4 is 0 Å². The molecule has 0 aliphatic rings. The van der Waals surface area contributed by atoms with Gasteiger partial charge in [-0.05, 0) is 42.0 Å². The summed E-state index contributed by atoms with van der Waals surface area (Å²) in [5.41, 5.74) is 1.04. The van der Waals surface area contributed by atoms with E-state index >= 15 is 0 Å². The van der Waals surface area contributed by atoms with E-state index in [0.717, 1.165) is 4.88 Å². The molecule has 1 N–H and O–H groups in total. The van der Waals surface area contributed by atoms with Gasteiger partial charge >= 0.3 is 5.97 Å². The van der Waals surface area contributed by atoms with Gasteiger partial charge in [-0.1, -0.05) is 18.2 Å². The number of carboxylic acids is 1. The Balaban J connectivity index is 2.29. The summed E-state index contributed by atoms with van der Waals surface area (Å²) in [5.74, 6) is -1.98. The Labute approximate surface area is 109 Å². The molecule has 1 aromatic heterocycles. The molecule has 0 saturated heterocycles. The van der Waals surface area contributed by atoms with Crippen LogP contribution in [-0.4, -0.2) is 11.1 Å². The molecule has 0 fully saturated rings. The molecule has 2 nitrogen and oxygen atoms in total. The normalized spacial score (nSPS) is 12.3. The summed E-state index contributed by atoms with van der Waals surface area (Å²) in [5, 5.41) is 11.2. The molecular formula is C14H13FO2S. The van der Waals surface area contributed by atoms with E-state index in [4.69, 9.17) is 0 Å². The molecule has 1 aromatic carbocycles. The zero-order valence-electron chi connectivity index (χ0n) is 9.89. The van der Waals surface area contributed by atoms with Gasteiger partial charge in [-0.25, -0.2) is 4.39 Å². The van der Waals surface area contributed by atoms with E-state index < -0.39 is 11.9 Å². The predicted octanol–water partition coefficient (Wildman–Crippen LogP) is 3.61. The van der Waals surface area contributed by atoms with E-state index in [2.05, 4.69) is 0 Å². The Morgan fingerprint density at radius 2 is 2.22 bits per heavy atom. The van der Waals surface area contributed by atoms with Crippen LogP contribution in [0.25, 0.3) is 0 Å². The highest BCUT2D eigenvalue weighted by Crippen LogP contribution is 2.25. The SMILES string of the molecule is Cc1ccc(C(Cc2cccs2)C(=O)O)cc1F. The van der Waals surface area contributed by atoms with Gasteiger partial charge in [-0.15, -0.1) is 11.3 Å². The first-order valence-electron chi connectivity index (χ1n) is 5.59. The largest absolute Gasteiger partial charge is 0.481 e. The second-order valence-electron chi connectivity index (χ2n) is 4.18. The lowest BCUT2D eigenvalue weighted by atomic mass is 9.94. The van der Waals surface area contributed by atoms with Crippen molar-refractivity contribution in [2.75, 3.05) is 0 Å². The van der Waals surface area contributed by atoms with Gasteiger partial charge in [0.05, 0.1) is 5.92 Å². The number of hydrogen-bond acceptors (Lipinski definition) is 2. The summed E-state index contributed by atoms with van der Waals surface area (Å²) < 4.78 is 13.5. The quantitative estimate of drug-likeness (QED) is 0.916. The van der Waals surface area contributed by atoms with Gasteiger partial charge in [0.2, 0.25) is 0 Å². The Morgan fingerprint density at radius 3 is 2.78 bits per heavy atom. The Bertz CT molecular complexity index is 549. The first kappa shape index (κ1) is 12.8. The summed E-state index contributed by atoms with van der Waals surface area (Å²) in [6.45, 7) is 1.66. The highest BCUT2D eigenvalue weighted by molar-refractivity contribution is 7.09. The topological polar surface area (TPSA) is 37.3 Å². The van der Waals surface area contributed by atoms with Crippen LogP contribution in [0.15, 0.2) is 35.7 Å². The number of halogens is 1. The van der Waals surface area contributed by atoms with Crippen LogP contribution in [0.1, 0.15) is 21.9 Å². The lowest BCUT2D eigenvalue weighted by Crippen LogP contribution is -2.14. The standard InChI is InChI=1S/C14H13FO2S/c1-9-4-5-10(7-13(9)15)12(14(16)17)8-11-3-2-6-18-11/h2-7,12H,8H2,1H3,(H,16,17). The van der Waals surface area contributed by atoms with Crippen LogP contribution in [0.5, 0.6) is 0 Å². The van der Waals surface area contributed by atoms with Crippen molar-refractivity contribution in [2.24, 2.45) is 0 Å². The van der Waals surface area contributed by atoms with Gasteiger partial charge in [-0.2, -0.15) is 0 Å². The number of aliphatic carboxylic acids is 1. The van der Waals surface area contributed by atoms with Crippen LogP contribution in [0.2, 0.25) is 0 Å². The minimum absolute atomic E-state index is 0.357. The van der Waals surface area contributed by atoms with Crippen molar-refractivity contribution in [3.8, 4) is 0 Å². The van der Waals surface area contributed by atoms with Crippen molar-refractivity contribution in [2.45, 2.75) is 19.3 Å². The summed E-state index contributed by atoms with van der Waals surface area (Å²) in [4.78, 5) is 12.3. The lowest BCUT2D eigenvalue weighted by Gasteiger charge is -2.12. The van der Waals surface area contributed by atoms with Crippen LogP contribution >= 0.6 is 11.3 Å². The van der Waals surface area contributed by atoms with E-state index in [1.54, 1.807) is 19.1 Å². The molecular weight excluding hydrogens is 251 g/mol. The first-order chi connectivity index (χ1) is 8.58. The molecule has 0 amide bonds. The molecule has 2 rings (SSSR count). The molecule has 0 aliphatic carbocycles. The number of benzene rings is 1. The maximum atomic E-state index is 13.5. The van der Waals surface area contributed by atoms with Crippen molar-refractivity contribution < 1.29 is 14.3 Å². The fourth-order valence-electron chi connectivity index (χ4n) is 1.80. The number of carboxylic acid groups (broad SMARTS) is 1. The molecule has 18 heavy (non-hydrogen) atoms. The first-order valence-corrected chi connectivity index (χ1v) is 6.47. The summed E-state index contributed by atoms with van der Waals surface area (Å²) in [7, 11) is 0. The highest BCUT2D eigenvalue weighted by atomic mass is 32.1. The van der Waals surface area contributed by atoms with E-state index in [0.29, 0.717) is 17.5 Å². The summed E-state index contributed by atoms with van der Waals surface area (Å²) in [6, 6.07) is 8.40. The van der Waals surface area contributed by atoms with E-state index in [-0.39, 0.29) is 5.82 Å². The van der Waals surface area contributed by atoms with Crippen LogP contribution in [-0.2, 0) is 11.2 Å². The van der Waals surface area contributed by atoms with Crippen molar-refractivity contribution in [1.82, 2.24) is 0 Å². The smallest absolute Gasteiger partial charge is 0.311 e.